The smallest absolute Gasteiger partial charge is 0.265 e. The zero-order valence-corrected chi connectivity index (χ0v) is 8.38. The molecule has 0 aliphatic heterocycles. The first-order valence-electron chi connectivity index (χ1n) is 4.47. The molecule has 1 aromatic rings. The van der Waals surface area contributed by atoms with Gasteiger partial charge in [-0.25, -0.2) is 0 Å². The summed E-state index contributed by atoms with van der Waals surface area (Å²) in [6, 6.07) is 9.73. The Balaban J connectivity index is 2.34. The number of carbonyl (C=O) groups excluding carboxylic acids is 1. The molecule has 2 nitrogen and oxygen atoms in total. The van der Waals surface area contributed by atoms with Crippen LogP contribution >= 0.6 is 12.2 Å². The van der Waals surface area contributed by atoms with Crippen molar-refractivity contribution in [3.05, 3.63) is 35.9 Å². The highest BCUT2D eigenvalue weighted by atomic mass is 32.1. The number of nitrogens with zero attached hydrogens (tertiary/aromatic N) is 1. The van der Waals surface area contributed by atoms with E-state index in [2.05, 4.69) is 22.4 Å². The third-order valence-corrected chi connectivity index (χ3v) is 2.72. The van der Waals surface area contributed by atoms with Gasteiger partial charge in [-0.3, -0.25) is 4.79 Å². The van der Waals surface area contributed by atoms with E-state index in [1.165, 1.54) is 0 Å². The molecule has 1 saturated carbocycles. The number of hydrogen-bond acceptors (Lipinski definition) is 2. The lowest BCUT2D eigenvalue weighted by Gasteiger charge is -2.09. The lowest BCUT2D eigenvalue weighted by atomic mass is 9.95. The van der Waals surface area contributed by atoms with Gasteiger partial charge in [0.1, 0.15) is 0 Å². The number of thiocarbonyl (C=S) groups is 1. The van der Waals surface area contributed by atoms with Crippen LogP contribution in [0.1, 0.15) is 18.4 Å². The van der Waals surface area contributed by atoms with E-state index in [1.807, 2.05) is 30.3 Å². The highest BCUT2D eigenvalue weighted by molar-refractivity contribution is 7.78. The maximum atomic E-state index is 11.6. The predicted molar refractivity (Wildman–Crippen MR) is 57.4 cm³/mol. The molecule has 0 spiro atoms. The van der Waals surface area contributed by atoms with Crippen LogP contribution in [-0.4, -0.2) is 11.1 Å². The summed E-state index contributed by atoms with van der Waals surface area (Å²) in [7, 11) is 0. The molecule has 0 atom stereocenters. The first-order chi connectivity index (χ1) is 6.79. The van der Waals surface area contributed by atoms with Crippen LogP contribution < -0.4 is 0 Å². The maximum Gasteiger partial charge on any atom is 0.265 e. The third-order valence-electron chi connectivity index (χ3n) is 2.63. The summed E-state index contributed by atoms with van der Waals surface area (Å²) in [5, 5.41) is 2.14. The van der Waals surface area contributed by atoms with E-state index in [-0.39, 0.29) is 11.3 Å². The van der Waals surface area contributed by atoms with Gasteiger partial charge in [-0.05, 0) is 30.6 Å². The van der Waals surface area contributed by atoms with Gasteiger partial charge < -0.3 is 0 Å². The van der Waals surface area contributed by atoms with Crippen molar-refractivity contribution < 1.29 is 4.79 Å². The molecule has 0 aromatic heterocycles. The number of aliphatic imine (C=N–C) groups is 1. The predicted octanol–water partition coefficient (Wildman–Crippen LogP) is 2.35. The molecule has 0 unspecified atom stereocenters. The van der Waals surface area contributed by atoms with Gasteiger partial charge in [0.25, 0.3) is 5.91 Å². The van der Waals surface area contributed by atoms with Gasteiger partial charge in [-0.15, -0.1) is 0 Å². The lowest BCUT2D eigenvalue weighted by Crippen LogP contribution is -2.17. The van der Waals surface area contributed by atoms with Gasteiger partial charge in [0, 0.05) is 0 Å². The van der Waals surface area contributed by atoms with Crippen LogP contribution in [0.2, 0.25) is 0 Å². The lowest BCUT2D eigenvalue weighted by molar-refractivity contribution is -0.120. The molecule has 0 N–H and O–H groups in total. The average Bonchev–Trinajstić information content (AvgIpc) is 3.00. The summed E-state index contributed by atoms with van der Waals surface area (Å²) >= 11 is 4.44. The summed E-state index contributed by atoms with van der Waals surface area (Å²) in [6.45, 7) is 0. The van der Waals surface area contributed by atoms with E-state index >= 15 is 0 Å². The Morgan fingerprint density at radius 1 is 1.36 bits per heavy atom. The zero-order valence-electron chi connectivity index (χ0n) is 7.56. The quantitative estimate of drug-likeness (QED) is 0.545. The van der Waals surface area contributed by atoms with Crippen LogP contribution in [-0.2, 0) is 10.2 Å². The molecule has 14 heavy (non-hydrogen) atoms. The Morgan fingerprint density at radius 3 is 2.50 bits per heavy atom. The molecule has 0 bridgehead atoms. The van der Waals surface area contributed by atoms with Gasteiger partial charge >= 0.3 is 0 Å². The number of benzene rings is 1. The Labute approximate surface area is 87.7 Å². The minimum atomic E-state index is -0.382. The molecule has 70 valence electrons. The second-order valence-electron chi connectivity index (χ2n) is 3.46. The summed E-state index contributed by atoms with van der Waals surface area (Å²) in [6.07, 6.45) is 1.74. The van der Waals surface area contributed by atoms with E-state index in [9.17, 15) is 4.79 Å². The SMILES string of the molecule is O=C(N=C=S)C1(c2ccccc2)CC1. The maximum absolute atomic E-state index is 11.6. The third kappa shape index (κ3) is 1.41. The Bertz CT molecular complexity index is 403. The van der Waals surface area contributed by atoms with Crippen LogP contribution in [0, 0.1) is 0 Å². The number of isothiocyanates is 1. The molecule has 1 aliphatic carbocycles. The minimum absolute atomic E-state index is 0.154. The Kier molecular flexibility index (Phi) is 2.28. The molecule has 3 heteroatoms. The van der Waals surface area contributed by atoms with E-state index < -0.39 is 0 Å². The van der Waals surface area contributed by atoms with Crippen molar-refractivity contribution in [1.82, 2.24) is 0 Å². The van der Waals surface area contributed by atoms with Crippen LogP contribution in [0.3, 0.4) is 0 Å². The van der Waals surface area contributed by atoms with Crippen LogP contribution in [0.4, 0.5) is 0 Å². The van der Waals surface area contributed by atoms with Crippen molar-refractivity contribution >= 4 is 23.3 Å². The zero-order chi connectivity index (χ0) is 10.0. The van der Waals surface area contributed by atoms with E-state index in [4.69, 9.17) is 0 Å². The van der Waals surface area contributed by atoms with E-state index in [1.54, 1.807) is 0 Å². The van der Waals surface area contributed by atoms with Gasteiger partial charge in [0.05, 0.1) is 10.6 Å². The standard InChI is InChI=1S/C11H9NOS/c13-10(12-8-14)11(6-7-11)9-4-2-1-3-5-9/h1-5H,6-7H2. The van der Waals surface area contributed by atoms with E-state index in [0.717, 1.165) is 18.4 Å². The summed E-state index contributed by atoms with van der Waals surface area (Å²) in [5.74, 6) is -0.154. The Morgan fingerprint density at radius 2 is 2.00 bits per heavy atom. The summed E-state index contributed by atoms with van der Waals surface area (Å²) < 4.78 is 0. The van der Waals surface area contributed by atoms with Gasteiger partial charge in [-0.1, -0.05) is 30.3 Å². The molecule has 1 fully saturated rings. The average molecular weight is 203 g/mol. The first kappa shape index (κ1) is 9.25. The number of hydrogen-bond donors (Lipinski definition) is 0. The molecule has 0 saturated heterocycles. The molecular formula is C11H9NOS. The Hall–Kier alpha value is -1.31. The van der Waals surface area contributed by atoms with Crippen molar-refractivity contribution in [3.8, 4) is 0 Å². The van der Waals surface area contributed by atoms with Crippen molar-refractivity contribution in [3.63, 3.8) is 0 Å². The van der Waals surface area contributed by atoms with Crippen LogP contribution in [0.5, 0.6) is 0 Å². The monoisotopic (exact) mass is 203 g/mol. The normalized spacial score (nSPS) is 16.9. The summed E-state index contributed by atoms with van der Waals surface area (Å²) in [4.78, 5) is 15.2. The van der Waals surface area contributed by atoms with Crippen molar-refractivity contribution in [2.45, 2.75) is 18.3 Å². The van der Waals surface area contributed by atoms with Crippen LogP contribution in [0.25, 0.3) is 0 Å². The molecule has 1 aliphatic rings. The van der Waals surface area contributed by atoms with Gasteiger partial charge in [0.2, 0.25) is 0 Å². The number of amides is 1. The van der Waals surface area contributed by atoms with Gasteiger partial charge in [0.15, 0.2) is 0 Å². The fourth-order valence-corrected chi connectivity index (χ4v) is 1.74. The second-order valence-corrected chi connectivity index (χ2v) is 3.64. The van der Waals surface area contributed by atoms with Crippen molar-refractivity contribution in [1.29, 1.82) is 0 Å². The highest BCUT2D eigenvalue weighted by Gasteiger charge is 2.51. The minimum Gasteiger partial charge on any atom is -0.271 e. The molecule has 0 heterocycles. The fraction of sp³-hybridized carbons (Fsp3) is 0.273. The highest BCUT2D eigenvalue weighted by Crippen LogP contribution is 2.49. The second kappa shape index (κ2) is 3.45. The van der Waals surface area contributed by atoms with E-state index in [0.29, 0.717) is 0 Å². The van der Waals surface area contributed by atoms with Crippen LogP contribution in [0.15, 0.2) is 35.3 Å². The molecule has 1 amide bonds. The van der Waals surface area contributed by atoms with Crippen molar-refractivity contribution in [2.75, 3.05) is 0 Å². The van der Waals surface area contributed by atoms with Crippen molar-refractivity contribution in [2.24, 2.45) is 4.99 Å². The first-order valence-corrected chi connectivity index (χ1v) is 4.88. The molecule has 0 radical (unpaired) electrons. The summed E-state index contributed by atoms with van der Waals surface area (Å²) in [5.41, 5.74) is 0.659. The largest absolute Gasteiger partial charge is 0.271 e. The number of carbonyl (C=O) groups is 1. The number of rotatable bonds is 2. The topological polar surface area (TPSA) is 29.4 Å². The fourth-order valence-electron chi connectivity index (χ4n) is 1.66. The molecular weight excluding hydrogens is 194 g/mol. The van der Waals surface area contributed by atoms with Gasteiger partial charge in [-0.2, -0.15) is 4.99 Å². The molecule has 2 rings (SSSR count). The molecule has 1 aromatic carbocycles.